The number of rotatable bonds is 7. The maximum atomic E-state index is 13.2. The van der Waals surface area contributed by atoms with Gasteiger partial charge in [0.15, 0.2) is 8.32 Å². The van der Waals surface area contributed by atoms with Gasteiger partial charge in [-0.25, -0.2) is 8.42 Å². The van der Waals surface area contributed by atoms with Crippen LogP contribution in [0, 0.1) is 11.8 Å². The summed E-state index contributed by atoms with van der Waals surface area (Å²) in [7, 11) is -5.46. The van der Waals surface area contributed by atoms with Gasteiger partial charge in [-0.3, -0.25) is 0 Å². The molecule has 6 heteroatoms. The van der Waals surface area contributed by atoms with Crippen LogP contribution in [0.25, 0.3) is 0 Å². The Morgan fingerprint density at radius 2 is 1.63 bits per heavy atom. The first-order valence-electron chi connectivity index (χ1n) is 10.1. The highest BCUT2D eigenvalue weighted by Crippen LogP contribution is 2.37. The molecule has 0 bridgehead atoms. The summed E-state index contributed by atoms with van der Waals surface area (Å²) >= 11 is 0. The highest BCUT2D eigenvalue weighted by molar-refractivity contribution is 7.95. The molecule has 0 amide bonds. The standard InChI is InChI=1S/C21H34O4SSi/c1-6-27(7-2,8-3)25-19-14-15-20(17(5)21(22)16(19)4)26(23,24)18-12-10-9-11-13-18/h9-13,15-17,19,21-22H,6-8,14H2,1-5H3/t16-,17+,19+,21+/m1/s1. The zero-order chi connectivity index (χ0) is 20.2. The number of sulfone groups is 1. The van der Waals surface area contributed by atoms with Gasteiger partial charge in [-0.2, -0.15) is 0 Å². The van der Waals surface area contributed by atoms with Gasteiger partial charge in [0.1, 0.15) is 0 Å². The molecule has 0 spiro atoms. The molecule has 152 valence electrons. The van der Waals surface area contributed by atoms with Gasteiger partial charge in [0.05, 0.1) is 22.0 Å². The molecule has 0 saturated heterocycles. The average Bonchev–Trinajstić information content (AvgIpc) is 2.79. The molecular weight excluding hydrogens is 376 g/mol. The Morgan fingerprint density at radius 1 is 1.07 bits per heavy atom. The van der Waals surface area contributed by atoms with Crippen molar-refractivity contribution in [3.63, 3.8) is 0 Å². The van der Waals surface area contributed by atoms with Crippen molar-refractivity contribution in [1.82, 2.24) is 0 Å². The Bertz CT molecular complexity index is 732. The van der Waals surface area contributed by atoms with Crippen molar-refractivity contribution in [1.29, 1.82) is 0 Å². The van der Waals surface area contributed by atoms with Gasteiger partial charge >= 0.3 is 0 Å². The number of hydrogen-bond donors (Lipinski definition) is 1. The molecule has 4 atom stereocenters. The molecule has 1 aliphatic carbocycles. The normalized spacial score (nSPS) is 27.1. The first-order valence-corrected chi connectivity index (χ1v) is 14.1. The lowest BCUT2D eigenvalue weighted by atomic mass is 9.91. The van der Waals surface area contributed by atoms with Crippen LogP contribution in [0.5, 0.6) is 0 Å². The van der Waals surface area contributed by atoms with E-state index in [0.29, 0.717) is 11.3 Å². The fraction of sp³-hybridized carbons (Fsp3) is 0.619. The van der Waals surface area contributed by atoms with Gasteiger partial charge in [-0.1, -0.05) is 58.9 Å². The van der Waals surface area contributed by atoms with Crippen LogP contribution in [0.15, 0.2) is 46.2 Å². The Kier molecular flexibility index (Phi) is 7.47. The molecular formula is C21H34O4SSi. The summed E-state index contributed by atoms with van der Waals surface area (Å²) in [6.45, 7) is 10.3. The van der Waals surface area contributed by atoms with Gasteiger partial charge in [0.2, 0.25) is 9.84 Å². The molecule has 1 aromatic carbocycles. The van der Waals surface area contributed by atoms with Crippen LogP contribution in [0.3, 0.4) is 0 Å². The van der Waals surface area contributed by atoms with E-state index in [2.05, 4.69) is 20.8 Å². The van der Waals surface area contributed by atoms with E-state index in [1.54, 1.807) is 43.3 Å². The van der Waals surface area contributed by atoms with Crippen LogP contribution in [0.1, 0.15) is 41.0 Å². The van der Waals surface area contributed by atoms with Crippen molar-refractivity contribution >= 4 is 18.2 Å². The van der Waals surface area contributed by atoms with E-state index in [1.807, 2.05) is 6.92 Å². The Hall–Kier alpha value is -0.953. The minimum atomic E-state index is -3.62. The minimum absolute atomic E-state index is 0.115. The summed E-state index contributed by atoms with van der Waals surface area (Å²) in [5.41, 5.74) is 0. The molecule has 1 N–H and O–H groups in total. The van der Waals surface area contributed by atoms with Crippen molar-refractivity contribution < 1.29 is 18.0 Å². The third-order valence-corrected chi connectivity index (χ3v) is 13.1. The molecule has 0 aromatic heterocycles. The molecule has 4 nitrogen and oxygen atoms in total. The fourth-order valence-corrected chi connectivity index (χ4v) is 8.73. The summed E-state index contributed by atoms with van der Waals surface area (Å²) in [6, 6.07) is 11.6. The summed E-state index contributed by atoms with van der Waals surface area (Å²) in [5.74, 6) is -0.573. The van der Waals surface area contributed by atoms with E-state index in [0.717, 1.165) is 18.1 Å². The summed E-state index contributed by atoms with van der Waals surface area (Å²) in [4.78, 5) is 0.595. The molecule has 0 unspecified atom stereocenters. The topological polar surface area (TPSA) is 63.6 Å². The van der Waals surface area contributed by atoms with Crippen molar-refractivity contribution in [3.05, 3.63) is 41.3 Å². The Balaban J connectivity index is 2.39. The van der Waals surface area contributed by atoms with Gasteiger partial charge < -0.3 is 9.53 Å². The monoisotopic (exact) mass is 410 g/mol. The lowest BCUT2D eigenvalue weighted by molar-refractivity contribution is 0.0159. The summed E-state index contributed by atoms with van der Waals surface area (Å²) in [6.07, 6.45) is 1.43. The first-order chi connectivity index (χ1) is 12.7. The lowest BCUT2D eigenvalue weighted by Gasteiger charge is -2.37. The quantitative estimate of drug-likeness (QED) is 0.658. The van der Waals surface area contributed by atoms with Gasteiger partial charge in [0.25, 0.3) is 0 Å². The molecule has 0 heterocycles. The maximum absolute atomic E-state index is 13.2. The number of hydrogen-bond acceptors (Lipinski definition) is 4. The van der Waals surface area contributed by atoms with E-state index in [4.69, 9.17) is 4.43 Å². The molecule has 1 aliphatic rings. The second-order valence-corrected chi connectivity index (χ2v) is 14.4. The molecule has 0 aliphatic heterocycles. The van der Waals surface area contributed by atoms with E-state index in [-0.39, 0.29) is 16.9 Å². The number of aliphatic hydroxyl groups is 1. The van der Waals surface area contributed by atoms with Gasteiger partial charge in [0, 0.05) is 11.8 Å². The van der Waals surface area contributed by atoms with Crippen LogP contribution >= 0.6 is 0 Å². The van der Waals surface area contributed by atoms with E-state index in [1.165, 1.54) is 0 Å². The molecule has 0 radical (unpaired) electrons. The zero-order valence-corrected chi connectivity index (χ0v) is 19.0. The first kappa shape index (κ1) is 22.3. The van der Waals surface area contributed by atoms with Crippen LogP contribution in [-0.2, 0) is 14.3 Å². The highest BCUT2D eigenvalue weighted by atomic mass is 32.2. The van der Waals surface area contributed by atoms with Crippen molar-refractivity contribution in [2.24, 2.45) is 11.8 Å². The van der Waals surface area contributed by atoms with E-state index < -0.39 is 30.2 Å². The smallest absolute Gasteiger partial charge is 0.202 e. The predicted octanol–water partition coefficient (Wildman–Crippen LogP) is 4.77. The molecule has 27 heavy (non-hydrogen) atoms. The number of benzene rings is 1. The van der Waals surface area contributed by atoms with E-state index >= 15 is 0 Å². The van der Waals surface area contributed by atoms with Gasteiger partial charge in [-0.15, -0.1) is 0 Å². The molecule has 0 saturated carbocycles. The average molecular weight is 411 g/mol. The SMILES string of the molecule is CC[Si](CC)(CC)O[C@H]1CC=C(S(=O)(=O)c2ccccc2)[C@H](C)[C@@H](O)[C@@H]1C. The van der Waals surface area contributed by atoms with Gasteiger partial charge in [-0.05, 0) is 36.7 Å². The third-order valence-electron chi connectivity index (χ3n) is 6.34. The van der Waals surface area contributed by atoms with Crippen molar-refractivity contribution in [3.8, 4) is 0 Å². The second kappa shape index (κ2) is 9.03. The summed E-state index contributed by atoms with van der Waals surface area (Å²) < 4.78 is 32.9. The molecule has 1 aromatic rings. The fourth-order valence-electron chi connectivity index (χ4n) is 4.04. The Labute approximate surface area is 165 Å². The van der Waals surface area contributed by atoms with E-state index in [9.17, 15) is 13.5 Å². The lowest BCUT2D eigenvalue weighted by Crippen LogP contribution is -2.44. The zero-order valence-electron chi connectivity index (χ0n) is 17.2. The Morgan fingerprint density at radius 3 is 2.15 bits per heavy atom. The van der Waals surface area contributed by atoms with Crippen molar-refractivity contribution in [2.45, 2.75) is 76.3 Å². The summed E-state index contributed by atoms with van der Waals surface area (Å²) in [5, 5.41) is 10.9. The van der Waals surface area contributed by atoms with Crippen molar-refractivity contribution in [2.75, 3.05) is 0 Å². The maximum Gasteiger partial charge on any atom is 0.202 e. The van der Waals surface area contributed by atoms with Crippen LogP contribution in [0.4, 0.5) is 0 Å². The van der Waals surface area contributed by atoms with Crippen LogP contribution in [-0.4, -0.2) is 34.0 Å². The molecule has 0 fully saturated rings. The highest BCUT2D eigenvalue weighted by Gasteiger charge is 2.41. The second-order valence-electron chi connectivity index (χ2n) is 7.70. The number of aliphatic hydroxyl groups excluding tert-OH is 1. The van der Waals surface area contributed by atoms with Crippen LogP contribution < -0.4 is 0 Å². The minimum Gasteiger partial charge on any atom is -0.413 e. The molecule has 2 rings (SSSR count). The van der Waals surface area contributed by atoms with Crippen LogP contribution in [0.2, 0.25) is 18.1 Å². The third kappa shape index (κ3) is 4.55. The largest absolute Gasteiger partial charge is 0.413 e. The predicted molar refractivity (Wildman–Crippen MR) is 113 cm³/mol.